The predicted molar refractivity (Wildman–Crippen MR) is 185 cm³/mol. The molecule has 13 nitrogen and oxygen atoms in total. The van der Waals surface area contributed by atoms with E-state index in [1.807, 2.05) is 44.2 Å². The number of phenols is 2. The zero-order chi connectivity index (χ0) is 35.8. The predicted octanol–water partition coefficient (Wildman–Crippen LogP) is 2.01. The van der Waals surface area contributed by atoms with E-state index < -0.39 is 67.8 Å². The molecular weight excluding hydrogens is 671 g/mol. The molecule has 15 heteroatoms. The van der Waals surface area contributed by atoms with E-state index in [0.717, 1.165) is 33.6 Å². The van der Waals surface area contributed by atoms with Gasteiger partial charge in [-0.25, -0.2) is 16.8 Å². The Morgan fingerprint density at radius 1 is 0.878 bits per heavy atom. The van der Waals surface area contributed by atoms with E-state index in [4.69, 9.17) is 0 Å². The van der Waals surface area contributed by atoms with Crippen LogP contribution in [0.5, 0.6) is 11.5 Å². The second-order valence-electron chi connectivity index (χ2n) is 12.9. The van der Waals surface area contributed by atoms with Crippen LogP contribution in [-0.4, -0.2) is 114 Å². The van der Waals surface area contributed by atoms with Crippen molar-refractivity contribution in [3.63, 3.8) is 0 Å². The average molecular weight is 718 g/mol. The van der Waals surface area contributed by atoms with Crippen LogP contribution in [0, 0.1) is 11.8 Å². The van der Waals surface area contributed by atoms with Crippen molar-refractivity contribution in [2.75, 3.05) is 45.0 Å². The molecule has 0 bridgehead atoms. The standard InChI is InChI=1S/C34H47N5O8S2/c1-25(2)21-39(49(46,47)29-9-10-31(40)32(41)20-29)23-33(42)30(19-27-7-5-4-6-8-27)36-34(43)26(3)24-48(44,45)38-17-15-37(16-18-38)22-28-11-13-35-14-12-28/h4-14,20,25-26,30,33,40-42H,15-19,21-24H2,1-3H3,(H,36,43)/t26-,30+,33-/m1/s1. The summed E-state index contributed by atoms with van der Waals surface area (Å²) >= 11 is 0. The third-order valence-corrected chi connectivity index (χ3v) is 12.3. The summed E-state index contributed by atoms with van der Waals surface area (Å²) in [6, 6.07) is 15.1. The molecule has 0 aliphatic carbocycles. The molecule has 0 radical (unpaired) electrons. The number of phenolic OH excluding ortho intramolecular Hbond substituents is 2. The Hall–Kier alpha value is -3.60. The highest BCUT2D eigenvalue weighted by molar-refractivity contribution is 7.89. The van der Waals surface area contributed by atoms with Crippen LogP contribution >= 0.6 is 0 Å². The number of carbonyl (C=O) groups excluding carboxylic acids is 1. The van der Waals surface area contributed by atoms with Crippen LogP contribution in [0.3, 0.4) is 0 Å². The van der Waals surface area contributed by atoms with Crippen molar-refractivity contribution < 1.29 is 36.9 Å². The van der Waals surface area contributed by atoms with Gasteiger partial charge in [0.15, 0.2) is 11.5 Å². The van der Waals surface area contributed by atoms with Gasteiger partial charge < -0.3 is 20.6 Å². The molecule has 4 N–H and O–H groups in total. The van der Waals surface area contributed by atoms with Crippen LogP contribution in [-0.2, 0) is 37.8 Å². The van der Waals surface area contributed by atoms with E-state index in [2.05, 4.69) is 15.2 Å². The summed E-state index contributed by atoms with van der Waals surface area (Å²) in [5, 5.41) is 34.0. The Bertz CT molecular complexity index is 1740. The minimum absolute atomic E-state index is 0.0253. The van der Waals surface area contributed by atoms with E-state index in [1.54, 1.807) is 24.5 Å². The first-order valence-electron chi connectivity index (χ1n) is 16.3. The lowest BCUT2D eigenvalue weighted by atomic mass is 10.00. The monoisotopic (exact) mass is 717 g/mol. The van der Waals surface area contributed by atoms with Gasteiger partial charge in [0.25, 0.3) is 0 Å². The molecule has 0 unspecified atom stereocenters. The fourth-order valence-electron chi connectivity index (χ4n) is 5.71. The molecular formula is C34H47N5O8S2. The summed E-state index contributed by atoms with van der Waals surface area (Å²) in [7, 11) is -8.02. The van der Waals surface area contributed by atoms with Gasteiger partial charge in [0.1, 0.15) is 0 Å². The number of nitrogens with zero attached hydrogens (tertiary/aromatic N) is 4. The Labute approximate surface area is 289 Å². The number of carbonyl (C=O) groups is 1. The number of aromatic hydroxyl groups is 2. The maximum absolute atomic E-state index is 13.7. The molecule has 49 heavy (non-hydrogen) atoms. The molecule has 3 aromatic rings. The molecule has 2 heterocycles. The molecule has 268 valence electrons. The molecule has 0 spiro atoms. The number of aliphatic hydroxyl groups is 1. The number of aliphatic hydroxyl groups excluding tert-OH is 1. The highest BCUT2D eigenvalue weighted by Gasteiger charge is 2.34. The topological polar surface area (TPSA) is 181 Å². The SMILES string of the molecule is CC(C)CN(C[C@@H](O)[C@H](Cc1ccccc1)NC(=O)[C@H](C)CS(=O)(=O)N1CCN(Cc2ccncc2)CC1)S(=O)(=O)c1ccc(O)c(O)c1. The fraction of sp³-hybridized carbons (Fsp3) is 0.471. The summed E-state index contributed by atoms with van der Waals surface area (Å²) in [4.78, 5) is 19.4. The first-order valence-corrected chi connectivity index (χ1v) is 19.3. The van der Waals surface area contributed by atoms with Gasteiger partial charge in [0.05, 0.1) is 28.7 Å². The summed E-state index contributed by atoms with van der Waals surface area (Å²) in [6.07, 6.45) is 2.21. The van der Waals surface area contributed by atoms with Crippen LogP contribution in [0.2, 0.25) is 0 Å². The highest BCUT2D eigenvalue weighted by Crippen LogP contribution is 2.29. The smallest absolute Gasteiger partial charge is 0.243 e. The van der Waals surface area contributed by atoms with Gasteiger partial charge in [0, 0.05) is 64.3 Å². The first-order chi connectivity index (χ1) is 23.2. The van der Waals surface area contributed by atoms with Crippen LogP contribution in [0.25, 0.3) is 0 Å². The number of amides is 1. The lowest BCUT2D eigenvalue weighted by molar-refractivity contribution is -0.125. The molecule has 1 amide bonds. The van der Waals surface area contributed by atoms with Crippen molar-refractivity contribution in [2.45, 2.75) is 50.8 Å². The van der Waals surface area contributed by atoms with Gasteiger partial charge in [-0.3, -0.25) is 14.7 Å². The largest absolute Gasteiger partial charge is 0.504 e. The van der Waals surface area contributed by atoms with Crippen molar-refractivity contribution in [3.05, 3.63) is 84.2 Å². The number of hydrogen-bond donors (Lipinski definition) is 4. The Kier molecular flexibility index (Phi) is 13.2. The molecule has 4 rings (SSSR count). The number of pyridine rings is 1. The zero-order valence-corrected chi connectivity index (χ0v) is 29.7. The molecule has 1 aliphatic heterocycles. The molecule has 1 fully saturated rings. The van der Waals surface area contributed by atoms with Gasteiger partial charge in [0.2, 0.25) is 26.0 Å². The van der Waals surface area contributed by atoms with Gasteiger partial charge in [-0.05, 0) is 47.7 Å². The summed E-state index contributed by atoms with van der Waals surface area (Å²) in [6.45, 7) is 7.17. The normalized spacial score (nSPS) is 16.8. The minimum Gasteiger partial charge on any atom is -0.504 e. The van der Waals surface area contributed by atoms with Gasteiger partial charge in [-0.1, -0.05) is 51.1 Å². The molecule has 1 aliphatic rings. The quantitative estimate of drug-likeness (QED) is 0.160. The second kappa shape index (κ2) is 16.9. The van der Waals surface area contributed by atoms with Crippen LogP contribution < -0.4 is 5.32 Å². The minimum atomic E-state index is -4.24. The lowest BCUT2D eigenvalue weighted by Gasteiger charge is -2.34. The number of benzene rings is 2. The third kappa shape index (κ3) is 10.7. The number of nitrogens with one attached hydrogen (secondary N) is 1. The third-order valence-electron chi connectivity index (χ3n) is 8.42. The van der Waals surface area contributed by atoms with E-state index >= 15 is 0 Å². The van der Waals surface area contributed by atoms with E-state index in [-0.39, 0.29) is 23.8 Å². The number of sulfonamides is 2. The lowest BCUT2D eigenvalue weighted by Crippen LogP contribution is -2.53. The first kappa shape index (κ1) is 38.2. The van der Waals surface area contributed by atoms with Crippen molar-refractivity contribution in [1.82, 2.24) is 23.8 Å². The Morgan fingerprint density at radius 2 is 1.53 bits per heavy atom. The van der Waals surface area contributed by atoms with Gasteiger partial charge >= 0.3 is 0 Å². The van der Waals surface area contributed by atoms with Crippen molar-refractivity contribution in [2.24, 2.45) is 11.8 Å². The average Bonchev–Trinajstić information content (AvgIpc) is 3.06. The molecule has 2 aromatic carbocycles. The van der Waals surface area contributed by atoms with E-state index in [1.165, 1.54) is 11.2 Å². The molecule has 1 aromatic heterocycles. The number of aromatic nitrogens is 1. The Morgan fingerprint density at radius 3 is 2.14 bits per heavy atom. The van der Waals surface area contributed by atoms with Crippen LogP contribution in [0.15, 0.2) is 78.0 Å². The van der Waals surface area contributed by atoms with E-state index in [0.29, 0.717) is 32.7 Å². The number of hydrogen-bond acceptors (Lipinski definition) is 10. The van der Waals surface area contributed by atoms with Crippen LogP contribution in [0.4, 0.5) is 0 Å². The van der Waals surface area contributed by atoms with Crippen molar-refractivity contribution >= 4 is 26.0 Å². The Balaban J connectivity index is 1.45. The highest BCUT2D eigenvalue weighted by atomic mass is 32.2. The zero-order valence-electron chi connectivity index (χ0n) is 28.1. The second-order valence-corrected chi connectivity index (χ2v) is 16.9. The molecule has 1 saturated heterocycles. The maximum atomic E-state index is 13.7. The molecule has 3 atom stereocenters. The summed E-state index contributed by atoms with van der Waals surface area (Å²) < 4.78 is 56.6. The maximum Gasteiger partial charge on any atom is 0.243 e. The van der Waals surface area contributed by atoms with E-state index in [9.17, 15) is 36.9 Å². The summed E-state index contributed by atoms with van der Waals surface area (Å²) in [5.74, 6) is -3.18. The van der Waals surface area contributed by atoms with Gasteiger partial charge in [-0.2, -0.15) is 8.61 Å². The number of piperazine rings is 1. The molecule has 0 saturated carbocycles. The summed E-state index contributed by atoms with van der Waals surface area (Å²) in [5.41, 5.74) is 1.87. The van der Waals surface area contributed by atoms with Crippen molar-refractivity contribution in [3.8, 4) is 11.5 Å². The van der Waals surface area contributed by atoms with Crippen LogP contribution in [0.1, 0.15) is 31.9 Å². The van der Waals surface area contributed by atoms with Crippen molar-refractivity contribution in [1.29, 1.82) is 0 Å². The fourth-order valence-corrected chi connectivity index (χ4v) is 9.07. The van der Waals surface area contributed by atoms with Gasteiger partial charge in [-0.15, -0.1) is 0 Å². The number of rotatable bonds is 16.